The van der Waals surface area contributed by atoms with Crippen LogP contribution in [0.3, 0.4) is 0 Å². The normalized spacial score (nSPS) is 18.0. The predicted octanol–water partition coefficient (Wildman–Crippen LogP) is 5.50. The van der Waals surface area contributed by atoms with Crippen molar-refractivity contribution in [2.24, 2.45) is 5.92 Å². The Kier molecular flexibility index (Phi) is 9.54. The van der Waals surface area contributed by atoms with E-state index in [0.29, 0.717) is 48.3 Å². The Morgan fingerprint density at radius 1 is 1.22 bits per heavy atom. The van der Waals surface area contributed by atoms with Crippen molar-refractivity contribution in [3.8, 4) is 11.5 Å². The molecule has 1 aliphatic rings. The lowest BCUT2D eigenvalue weighted by molar-refractivity contribution is -0.139. The van der Waals surface area contributed by atoms with Gasteiger partial charge in [-0.2, -0.15) is 18.2 Å². The fourth-order valence-corrected chi connectivity index (χ4v) is 6.04. The van der Waals surface area contributed by atoms with Crippen LogP contribution in [-0.4, -0.2) is 81.3 Å². The third-order valence-corrected chi connectivity index (χ3v) is 8.40. The fourth-order valence-electron chi connectivity index (χ4n) is 6.04. The molecule has 0 bridgehead atoms. The van der Waals surface area contributed by atoms with Crippen LogP contribution in [0.2, 0.25) is 0 Å². The zero-order valence-corrected chi connectivity index (χ0v) is 25.8. The van der Waals surface area contributed by atoms with E-state index >= 15 is 4.39 Å². The number of likely N-dealkylation sites (tertiary alicyclic amines) is 1. The molecule has 4 heterocycles. The van der Waals surface area contributed by atoms with Crippen molar-refractivity contribution in [2.45, 2.75) is 64.7 Å². The summed E-state index contributed by atoms with van der Waals surface area (Å²) < 4.78 is 69.9. The smallest absolute Gasteiger partial charge is 0.383 e. The molecule has 2 atom stereocenters. The molecule has 0 aliphatic carbocycles. The maximum Gasteiger partial charge on any atom is 0.406 e. The van der Waals surface area contributed by atoms with E-state index in [1.165, 1.54) is 0 Å². The number of alkyl halides is 4. The van der Waals surface area contributed by atoms with Crippen molar-refractivity contribution >= 4 is 22.5 Å². The molecule has 5 rings (SSSR count). The molecule has 10 nitrogen and oxygen atoms in total. The standard InChI is InChI=1S/C31H39F4N7O3/c1-5-40-12-10-22(23(32)18-40)30(2,3)38-24-7-6-8-25-21(24)15-26(42(25)19-31(33,34)35)28-37-27(45-39-28)16-36-29(43)20-9-11-41(17-20)13-14-44-4/h6-9,11,15,17,22-23,38H,5,10,12-14,16,18-19H2,1-4H3,(H,36,43)/t22-,23+/m0/s1. The van der Waals surface area contributed by atoms with Crippen molar-refractivity contribution in [3.63, 3.8) is 0 Å². The van der Waals surface area contributed by atoms with Gasteiger partial charge in [0.1, 0.15) is 12.7 Å². The van der Waals surface area contributed by atoms with Crippen LogP contribution in [0.1, 0.15) is 43.4 Å². The number of methoxy groups -OCH3 is 1. The van der Waals surface area contributed by atoms with Crippen LogP contribution >= 0.6 is 0 Å². The van der Waals surface area contributed by atoms with Crippen molar-refractivity contribution in [3.05, 3.63) is 54.2 Å². The number of rotatable bonds is 12. The largest absolute Gasteiger partial charge is 0.406 e. The molecule has 1 saturated heterocycles. The number of nitrogens with one attached hydrogen (secondary N) is 2. The Morgan fingerprint density at radius 2 is 2.02 bits per heavy atom. The van der Waals surface area contributed by atoms with Gasteiger partial charge in [-0.3, -0.25) is 4.79 Å². The lowest BCUT2D eigenvalue weighted by Gasteiger charge is -2.43. The molecule has 4 aromatic rings. The lowest BCUT2D eigenvalue weighted by atomic mass is 9.79. The van der Waals surface area contributed by atoms with Crippen molar-refractivity contribution in [1.29, 1.82) is 0 Å². The maximum absolute atomic E-state index is 15.3. The topological polar surface area (TPSA) is 102 Å². The van der Waals surface area contributed by atoms with E-state index in [-0.39, 0.29) is 35.8 Å². The summed E-state index contributed by atoms with van der Waals surface area (Å²) in [4.78, 5) is 19.0. The Bertz CT molecular complexity index is 1610. The zero-order chi connectivity index (χ0) is 32.4. The van der Waals surface area contributed by atoms with Gasteiger partial charge in [0.25, 0.3) is 5.91 Å². The molecular formula is C31H39F4N7O3. The number of piperidine rings is 1. The Labute approximate surface area is 258 Å². The first-order chi connectivity index (χ1) is 21.4. The molecular weight excluding hydrogens is 594 g/mol. The Morgan fingerprint density at radius 3 is 2.73 bits per heavy atom. The Balaban J connectivity index is 1.38. The van der Waals surface area contributed by atoms with Gasteiger partial charge in [-0.05, 0) is 57.6 Å². The summed E-state index contributed by atoms with van der Waals surface area (Å²) in [6, 6.07) is 8.29. The number of carbonyl (C=O) groups excluding carboxylic acids is 1. The number of carbonyl (C=O) groups is 1. The minimum absolute atomic E-state index is 0.0351. The predicted molar refractivity (Wildman–Crippen MR) is 162 cm³/mol. The highest BCUT2D eigenvalue weighted by Gasteiger charge is 2.40. The molecule has 1 aliphatic heterocycles. The molecule has 14 heteroatoms. The van der Waals surface area contributed by atoms with E-state index in [1.54, 1.807) is 49.8 Å². The van der Waals surface area contributed by atoms with Gasteiger partial charge in [0.05, 0.1) is 29.9 Å². The summed E-state index contributed by atoms with van der Waals surface area (Å²) in [5, 5.41) is 10.6. The Hall–Kier alpha value is -3.91. The van der Waals surface area contributed by atoms with Gasteiger partial charge in [-0.1, -0.05) is 18.1 Å². The van der Waals surface area contributed by atoms with E-state index in [9.17, 15) is 18.0 Å². The first-order valence-corrected chi connectivity index (χ1v) is 15.0. The number of halogens is 4. The third kappa shape index (κ3) is 7.50. The number of aromatic nitrogens is 4. The van der Waals surface area contributed by atoms with Crippen LogP contribution in [0.15, 0.2) is 47.2 Å². The quantitative estimate of drug-likeness (QED) is 0.199. The number of anilines is 1. The van der Waals surface area contributed by atoms with Gasteiger partial charge >= 0.3 is 6.18 Å². The van der Waals surface area contributed by atoms with Gasteiger partial charge in [-0.15, -0.1) is 0 Å². The number of hydrogen-bond acceptors (Lipinski definition) is 7. The number of hydrogen-bond donors (Lipinski definition) is 2. The summed E-state index contributed by atoms with van der Waals surface area (Å²) >= 11 is 0. The van der Waals surface area contributed by atoms with E-state index in [2.05, 4.69) is 25.7 Å². The molecule has 0 saturated carbocycles. The summed E-state index contributed by atoms with van der Waals surface area (Å²) in [6.45, 7) is 7.46. The van der Waals surface area contributed by atoms with Gasteiger partial charge in [0.15, 0.2) is 0 Å². The monoisotopic (exact) mass is 633 g/mol. The first-order valence-electron chi connectivity index (χ1n) is 15.0. The molecule has 244 valence electrons. The number of amides is 1. The van der Waals surface area contributed by atoms with Crippen LogP contribution in [-0.2, 0) is 24.4 Å². The van der Waals surface area contributed by atoms with Gasteiger partial charge in [-0.25, -0.2) is 4.39 Å². The SMILES string of the molecule is CCN1CC[C@H](C(C)(C)Nc2cccc3c2cc(-c2noc(CNC(=O)c4ccn(CCOC)c4)n2)n3CC(F)(F)F)[C@H](F)C1. The molecule has 0 radical (unpaired) electrons. The second-order valence-electron chi connectivity index (χ2n) is 11.9. The van der Waals surface area contributed by atoms with Crippen LogP contribution in [0.25, 0.3) is 22.4 Å². The number of nitrogens with zero attached hydrogens (tertiary/aromatic N) is 5. The minimum Gasteiger partial charge on any atom is -0.383 e. The van der Waals surface area contributed by atoms with E-state index < -0.39 is 24.4 Å². The van der Waals surface area contributed by atoms with E-state index in [4.69, 9.17) is 9.26 Å². The number of fused-ring (bicyclic) bond motifs is 1. The minimum atomic E-state index is -4.53. The summed E-state index contributed by atoms with van der Waals surface area (Å²) in [5.41, 5.74) is 0.749. The second kappa shape index (κ2) is 13.2. The van der Waals surface area contributed by atoms with Crippen molar-refractivity contribution in [2.75, 3.05) is 38.7 Å². The molecule has 3 aromatic heterocycles. The van der Waals surface area contributed by atoms with Gasteiger partial charge in [0, 0.05) is 55.1 Å². The highest BCUT2D eigenvalue weighted by atomic mass is 19.4. The second-order valence-corrected chi connectivity index (χ2v) is 11.9. The third-order valence-electron chi connectivity index (χ3n) is 8.40. The fraction of sp³-hybridized carbons (Fsp3) is 0.516. The number of benzene rings is 1. The molecule has 1 fully saturated rings. The maximum atomic E-state index is 15.3. The van der Waals surface area contributed by atoms with Gasteiger partial charge in [0.2, 0.25) is 11.7 Å². The average Bonchev–Trinajstić information content (AvgIpc) is 3.73. The molecule has 1 amide bonds. The summed E-state index contributed by atoms with van der Waals surface area (Å²) in [5.74, 6) is -0.670. The summed E-state index contributed by atoms with van der Waals surface area (Å²) in [6.07, 6.45) is -1.48. The van der Waals surface area contributed by atoms with Crippen LogP contribution in [0, 0.1) is 5.92 Å². The molecule has 0 spiro atoms. The highest BCUT2D eigenvalue weighted by molar-refractivity contribution is 5.96. The van der Waals surface area contributed by atoms with Gasteiger partial charge < -0.3 is 33.9 Å². The zero-order valence-electron chi connectivity index (χ0n) is 25.8. The molecule has 0 unspecified atom stereocenters. The van der Waals surface area contributed by atoms with Crippen molar-refractivity contribution < 1.29 is 31.6 Å². The average molecular weight is 634 g/mol. The molecule has 45 heavy (non-hydrogen) atoms. The molecule has 2 N–H and O–H groups in total. The highest BCUT2D eigenvalue weighted by Crippen LogP contribution is 2.38. The van der Waals surface area contributed by atoms with Crippen LogP contribution in [0.5, 0.6) is 0 Å². The van der Waals surface area contributed by atoms with Crippen molar-refractivity contribution in [1.82, 2.24) is 29.5 Å². The van der Waals surface area contributed by atoms with Crippen LogP contribution in [0.4, 0.5) is 23.2 Å². The number of ether oxygens (including phenoxy) is 1. The first kappa shape index (κ1) is 32.5. The summed E-state index contributed by atoms with van der Waals surface area (Å²) in [7, 11) is 1.59. The lowest BCUT2D eigenvalue weighted by Crippen LogP contribution is -2.52. The van der Waals surface area contributed by atoms with E-state index in [0.717, 1.165) is 17.7 Å². The van der Waals surface area contributed by atoms with E-state index in [1.807, 2.05) is 25.3 Å². The van der Waals surface area contributed by atoms with Crippen LogP contribution < -0.4 is 10.6 Å². The molecule has 1 aromatic carbocycles.